The number of amides is 1. The first-order valence-corrected chi connectivity index (χ1v) is 8.24. The molecule has 0 bridgehead atoms. The van der Waals surface area contributed by atoms with E-state index >= 15 is 0 Å². The molecule has 1 aromatic heterocycles. The van der Waals surface area contributed by atoms with Crippen LogP contribution in [0.2, 0.25) is 0 Å². The van der Waals surface area contributed by atoms with Crippen molar-refractivity contribution >= 4 is 5.91 Å². The second-order valence-electron chi connectivity index (χ2n) is 6.11. The maximum absolute atomic E-state index is 13.2. The summed E-state index contributed by atoms with van der Waals surface area (Å²) in [5, 5.41) is 7.25. The van der Waals surface area contributed by atoms with Gasteiger partial charge in [-0.25, -0.2) is 4.39 Å². The molecule has 5 nitrogen and oxygen atoms in total. The van der Waals surface area contributed by atoms with Crippen LogP contribution in [0.5, 0.6) is 0 Å². The lowest BCUT2D eigenvalue weighted by molar-refractivity contribution is 0.0921. The van der Waals surface area contributed by atoms with E-state index < -0.39 is 0 Å². The van der Waals surface area contributed by atoms with Crippen LogP contribution in [0.4, 0.5) is 4.39 Å². The maximum Gasteiger partial charge on any atom is 0.270 e. The summed E-state index contributed by atoms with van der Waals surface area (Å²) in [7, 11) is 3.97. The van der Waals surface area contributed by atoms with E-state index in [0.29, 0.717) is 12.2 Å². The highest BCUT2D eigenvalue weighted by Gasteiger charge is 2.18. The van der Waals surface area contributed by atoms with Gasteiger partial charge >= 0.3 is 0 Å². The normalized spacial score (nSPS) is 12.4. The van der Waals surface area contributed by atoms with Crippen molar-refractivity contribution in [3.63, 3.8) is 0 Å². The SMILES string of the molecule is CCCn1nccc1C(=O)NC(CCN(C)C)c1ccc(F)cc1. The number of halogens is 1. The fourth-order valence-electron chi connectivity index (χ4n) is 2.55. The molecule has 0 fully saturated rings. The van der Waals surface area contributed by atoms with Gasteiger partial charge in [0.25, 0.3) is 5.91 Å². The van der Waals surface area contributed by atoms with Crippen LogP contribution in [0.25, 0.3) is 0 Å². The third kappa shape index (κ3) is 4.89. The van der Waals surface area contributed by atoms with E-state index in [0.717, 1.165) is 24.9 Å². The van der Waals surface area contributed by atoms with E-state index in [4.69, 9.17) is 0 Å². The van der Waals surface area contributed by atoms with Crippen LogP contribution in [-0.4, -0.2) is 41.2 Å². The zero-order chi connectivity index (χ0) is 17.5. The molecule has 1 N–H and O–H groups in total. The van der Waals surface area contributed by atoms with Gasteiger partial charge in [0.05, 0.1) is 6.04 Å². The van der Waals surface area contributed by atoms with Gasteiger partial charge in [0.15, 0.2) is 0 Å². The van der Waals surface area contributed by atoms with Crippen LogP contribution in [0.15, 0.2) is 36.5 Å². The molecule has 130 valence electrons. The zero-order valence-electron chi connectivity index (χ0n) is 14.5. The van der Waals surface area contributed by atoms with Crippen LogP contribution in [0, 0.1) is 5.82 Å². The standard InChI is InChI=1S/C18H25FN4O/c1-4-12-23-17(9-11-20-23)18(24)21-16(10-13-22(2)3)14-5-7-15(19)8-6-14/h5-9,11,16H,4,10,12-13H2,1-3H3,(H,21,24). The molecule has 1 atom stereocenters. The first-order chi connectivity index (χ1) is 11.5. The van der Waals surface area contributed by atoms with Crippen molar-refractivity contribution in [3.05, 3.63) is 53.6 Å². The Morgan fingerprint density at radius 1 is 1.29 bits per heavy atom. The summed E-state index contributed by atoms with van der Waals surface area (Å²) in [5.41, 5.74) is 1.45. The number of carbonyl (C=O) groups is 1. The van der Waals surface area contributed by atoms with Gasteiger partial charge in [-0.2, -0.15) is 5.10 Å². The van der Waals surface area contributed by atoms with Crippen molar-refractivity contribution in [3.8, 4) is 0 Å². The number of hydrogen-bond acceptors (Lipinski definition) is 3. The Bertz CT molecular complexity index is 651. The Balaban J connectivity index is 2.16. The molecule has 2 rings (SSSR count). The number of rotatable bonds is 8. The van der Waals surface area contributed by atoms with Crippen LogP contribution in [0.1, 0.15) is 41.9 Å². The van der Waals surface area contributed by atoms with Gasteiger partial charge in [-0.3, -0.25) is 9.48 Å². The maximum atomic E-state index is 13.2. The average molecular weight is 332 g/mol. The van der Waals surface area contributed by atoms with Crippen LogP contribution < -0.4 is 5.32 Å². The van der Waals surface area contributed by atoms with E-state index in [9.17, 15) is 9.18 Å². The fraction of sp³-hybridized carbons (Fsp3) is 0.444. The molecule has 1 amide bonds. The lowest BCUT2D eigenvalue weighted by atomic mass is 10.0. The number of hydrogen-bond donors (Lipinski definition) is 1. The molecule has 0 aliphatic rings. The minimum atomic E-state index is -0.280. The molecule has 1 unspecified atom stereocenters. The Labute approximate surface area is 142 Å². The number of nitrogens with zero attached hydrogens (tertiary/aromatic N) is 3. The number of aryl methyl sites for hydroxylation is 1. The summed E-state index contributed by atoms with van der Waals surface area (Å²) in [6.07, 6.45) is 3.29. The Morgan fingerprint density at radius 2 is 2.00 bits per heavy atom. The molecule has 1 heterocycles. The minimum Gasteiger partial charge on any atom is -0.344 e. The number of nitrogens with one attached hydrogen (secondary N) is 1. The smallest absolute Gasteiger partial charge is 0.270 e. The molecular weight excluding hydrogens is 307 g/mol. The van der Waals surface area contributed by atoms with Gasteiger partial charge in [0.2, 0.25) is 0 Å². The van der Waals surface area contributed by atoms with Gasteiger partial charge in [0.1, 0.15) is 11.5 Å². The zero-order valence-corrected chi connectivity index (χ0v) is 14.5. The Hall–Kier alpha value is -2.21. The van der Waals surface area contributed by atoms with E-state index in [-0.39, 0.29) is 17.8 Å². The molecule has 24 heavy (non-hydrogen) atoms. The van der Waals surface area contributed by atoms with Gasteiger partial charge in [-0.1, -0.05) is 19.1 Å². The van der Waals surface area contributed by atoms with Crippen molar-refractivity contribution in [2.45, 2.75) is 32.4 Å². The van der Waals surface area contributed by atoms with E-state index in [2.05, 4.69) is 15.3 Å². The number of aromatic nitrogens is 2. The largest absolute Gasteiger partial charge is 0.344 e. The van der Waals surface area contributed by atoms with E-state index in [1.165, 1.54) is 12.1 Å². The highest BCUT2D eigenvalue weighted by atomic mass is 19.1. The van der Waals surface area contributed by atoms with Crippen molar-refractivity contribution in [1.29, 1.82) is 0 Å². The second kappa shape index (κ2) is 8.59. The van der Waals surface area contributed by atoms with Gasteiger partial charge in [-0.15, -0.1) is 0 Å². The van der Waals surface area contributed by atoms with Crippen molar-refractivity contribution in [1.82, 2.24) is 20.0 Å². The first kappa shape index (κ1) is 18.1. The fourth-order valence-corrected chi connectivity index (χ4v) is 2.55. The van der Waals surface area contributed by atoms with Crippen LogP contribution in [0.3, 0.4) is 0 Å². The molecule has 1 aromatic carbocycles. The van der Waals surface area contributed by atoms with E-state index in [1.807, 2.05) is 21.0 Å². The first-order valence-electron chi connectivity index (χ1n) is 8.24. The molecule has 2 aromatic rings. The lowest BCUT2D eigenvalue weighted by Gasteiger charge is -2.21. The van der Waals surface area contributed by atoms with Crippen molar-refractivity contribution in [2.24, 2.45) is 0 Å². The monoisotopic (exact) mass is 332 g/mol. The summed E-state index contributed by atoms with van der Waals surface area (Å²) in [5.74, 6) is -0.438. The summed E-state index contributed by atoms with van der Waals surface area (Å²) >= 11 is 0. The number of benzene rings is 1. The van der Waals surface area contributed by atoms with E-state index in [1.54, 1.807) is 29.1 Å². The minimum absolute atomic E-state index is 0.158. The third-order valence-electron chi connectivity index (χ3n) is 3.83. The van der Waals surface area contributed by atoms with Gasteiger partial charge in [0, 0.05) is 12.7 Å². The van der Waals surface area contributed by atoms with Gasteiger partial charge < -0.3 is 10.2 Å². The molecular formula is C18H25FN4O. The molecule has 6 heteroatoms. The summed E-state index contributed by atoms with van der Waals surface area (Å²) in [4.78, 5) is 14.7. The van der Waals surface area contributed by atoms with Crippen molar-refractivity contribution < 1.29 is 9.18 Å². The Kier molecular flexibility index (Phi) is 6.49. The van der Waals surface area contributed by atoms with Crippen molar-refractivity contribution in [2.75, 3.05) is 20.6 Å². The summed E-state index contributed by atoms with van der Waals surface area (Å²) in [6, 6.07) is 7.83. The van der Waals surface area contributed by atoms with Crippen LogP contribution >= 0.6 is 0 Å². The number of carbonyl (C=O) groups excluding carboxylic acids is 1. The summed E-state index contributed by atoms with van der Waals surface area (Å²) in [6.45, 7) is 3.56. The van der Waals surface area contributed by atoms with Gasteiger partial charge in [-0.05, 0) is 57.2 Å². The highest BCUT2D eigenvalue weighted by Crippen LogP contribution is 2.18. The Morgan fingerprint density at radius 3 is 2.62 bits per heavy atom. The molecule has 0 aliphatic heterocycles. The predicted molar refractivity (Wildman–Crippen MR) is 92.3 cm³/mol. The highest BCUT2D eigenvalue weighted by molar-refractivity contribution is 5.92. The molecule has 0 saturated heterocycles. The molecule has 0 saturated carbocycles. The van der Waals surface area contributed by atoms with Crippen LogP contribution in [-0.2, 0) is 6.54 Å². The second-order valence-corrected chi connectivity index (χ2v) is 6.11. The lowest BCUT2D eigenvalue weighted by Crippen LogP contribution is -2.32. The molecule has 0 spiro atoms. The molecule has 0 aliphatic carbocycles. The quantitative estimate of drug-likeness (QED) is 0.809. The average Bonchev–Trinajstić information content (AvgIpc) is 3.01. The summed E-state index contributed by atoms with van der Waals surface area (Å²) < 4.78 is 14.9. The molecule has 0 radical (unpaired) electrons. The third-order valence-corrected chi connectivity index (χ3v) is 3.83. The predicted octanol–water partition coefficient (Wildman–Crippen LogP) is 2.86. The topological polar surface area (TPSA) is 50.2 Å².